The Morgan fingerprint density at radius 1 is 1.21 bits per heavy atom. The van der Waals surface area contributed by atoms with Gasteiger partial charge in [0.15, 0.2) is 5.16 Å². The van der Waals surface area contributed by atoms with Crippen LogP contribution < -0.4 is 5.32 Å². The summed E-state index contributed by atoms with van der Waals surface area (Å²) in [7, 11) is 1.65. The minimum atomic E-state index is -0.339. The van der Waals surface area contributed by atoms with Gasteiger partial charge in [-0.05, 0) is 38.8 Å². The van der Waals surface area contributed by atoms with Crippen LogP contribution in [0, 0.1) is 6.92 Å². The summed E-state index contributed by atoms with van der Waals surface area (Å²) in [6.45, 7) is 4.75. The molecule has 1 aromatic carbocycles. The number of aromatic nitrogens is 3. The Hall–Kier alpha value is -2.35. The van der Waals surface area contributed by atoms with Gasteiger partial charge in [0.05, 0.1) is 11.8 Å². The number of nitrogens with zero attached hydrogens (tertiary/aromatic N) is 4. The second kappa shape index (κ2) is 9.23. The van der Waals surface area contributed by atoms with Gasteiger partial charge in [-0.15, -0.1) is 10.2 Å². The number of fused-ring (bicyclic) bond motifs is 1. The van der Waals surface area contributed by atoms with E-state index >= 15 is 0 Å². The molecule has 1 aliphatic rings. The van der Waals surface area contributed by atoms with Crippen molar-refractivity contribution >= 4 is 29.3 Å². The molecule has 0 spiro atoms. The molecule has 3 rings (SSSR count). The monoisotopic (exact) mass is 401 g/mol. The van der Waals surface area contributed by atoms with Crippen molar-refractivity contribution in [3.63, 3.8) is 0 Å². The summed E-state index contributed by atoms with van der Waals surface area (Å²) in [5.41, 5.74) is 1.85. The molecule has 28 heavy (non-hydrogen) atoms. The van der Waals surface area contributed by atoms with Crippen LogP contribution in [0.5, 0.6) is 0 Å². The molecule has 7 nitrogen and oxygen atoms in total. The number of benzene rings is 1. The molecule has 1 aromatic heterocycles. The van der Waals surface area contributed by atoms with E-state index in [9.17, 15) is 9.59 Å². The molecule has 0 fully saturated rings. The first kappa shape index (κ1) is 20.4. The molecule has 8 heteroatoms. The van der Waals surface area contributed by atoms with E-state index in [0.717, 1.165) is 48.0 Å². The summed E-state index contributed by atoms with van der Waals surface area (Å²) in [6.07, 6.45) is 4.38. The summed E-state index contributed by atoms with van der Waals surface area (Å²) in [5.74, 6) is 0.689. The van der Waals surface area contributed by atoms with Gasteiger partial charge in [-0.1, -0.05) is 35.9 Å². The second-order valence-electron chi connectivity index (χ2n) is 7.23. The Bertz CT molecular complexity index is 834. The standard InChI is InChI=1S/C20H27N5O2S/c1-14-8-10-16(11-9-14)21-18(26)13-24(3)19(27)15(2)28-20-23-22-17-7-5-4-6-12-25(17)20/h8-11,15H,4-7,12-13H2,1-3H3,(H,21,26)/t15-/m1/s1. The number of nitrogens with one attached hydrogen (secondary N) is 1. The van der Waals surface area contributed by atoms with Crippen LogP contribution in [-0.2, 0) is 22.6 Å². The van der Waals surface area contributed by atoms with E-state index in [1.807, 2.05) is 38.1 Å². The van der Waals surface area contributed by atoms with Crippen molar-refractivity contribution in [1.29, 1.82) is 0 Å². The third-order valence-corrected chi connectivity index (χ3v) is 5.87. The molecule has 0 saturated heterocycles. The van der Waals surface area contributed by atoms with Gasteiger partial charge in [-0.2, -0.15) is 0 Å². The van der Waals surface area contributed by atoms with E-state index in [2.05, 4.69) is 20.1 Å². The molecule has 2 aromatic rings. The number of anilines is 1. The summed E-state index contributed by atoms with van der Waals surface area (Å²) >= 11 is 1.41. The first-order valence-corrected chi connectivity index (χ1v) is 10.5. The molecular formula is C20H27N5O2S. The normalized spacial score (nSPS) is 14.7. The summed E-state index contributed by atoms with van der Waals surface area (Å²) in [5, 5.41) is 11.8. The molecular weight excluding hydrogens is 374 g/mol. The molecule has 0 aliphatic carbocycles. The summed E-state index contributed by atoms with van der Waals surface area (Å²) < 4.78 is 2.13. The zero-order valence-electron chi connectivity index (χ0n) is 16.6. The van der Waals surface area contributed by atoms with Crippen LogP contribution in [-0.4, -0.2) is 50.3 Å². The molecule has 1 aliphatic heterocycles. The first-order valence-electron chi connectivity index (χ1n) is 9.64. The predicted octanol–water partition coefficient (Wildman–Crippen LogP) is 2.89. The Labute approximate surface area is 169 Å². The lowest BCUT2D eigenvalue weighted by Gasteiger charge is -2.20. The molecule has 0 unspecified atom stereocenters. The molecule has 150 valence electrons. The lowest BCUT2D eigenvalue weighted by molar-refractivity contribution is -0.132. The van der Waals surface area contributed by atoms with Crippen LogP contribution in [0.1, 0.15) is 37.6 Å². The highest BCUT2D eigenvalue weighted by Crippen LogP contribution is 2.26. The second-order valence-corrected chi connectivity index (χ2v) is 8.54. The number of carbonyl (C=O) groups excluding carboxylic acids is 2. The molecule has 2 amide bonds. The van der Waals surface area contributed by atoms with Crippen LogP contribution >= 0.6 is 11.8 Å². The van der Waals surface area contributed by atoms with Crippen LogP contribution in [0.4, 0.5) is 5.69 Å². The minimum absolute atomic E-state index is 0.00947. The fourth-order valence-electron chi connectivity index (χ4n) is 3.20. The number of carbonyl (C=O) groups is 2. The highest BCUT2D eigenvalue weighted by molar-refractivity contribution is 8.00. The topological polar surface area (TPSA) is 80.1 Å². The minimum Gasteiger partial charge on any atom is -0.335 e. The van der Waals surface area contributed by atoms with Crippen LogP contribution in [0.3, 0.4) is 0 Å². The molecule has 1 atom stereocenters. The Morgan fingerprint density at radius 3 is 2.71 bits per heavy atom. The first-order chi connectivity index (χ1) is 13.4. The van der Waals surface area contributed by atoms with Gasteiger partial charge < -0.3 is 14.8 Å². The zero-order valence-corrected chi connectivity index (χ0v) is 17.5. The highest BCUT2D eigenvalue weighted by Gasteiger charge is 2.24. The van der Waals surface area contributed by atoms with E-state index in [1.165, 1.54) is 23.1 Å². The number of thioether (sulfide) groups is 1. The molecule has 0 bridgehead atoms. The molecule has 0 radical (unpaired) electrons. The Morgan fingerprint density at radius 2 is 1.96 bits per heavy atom. The van der Waals surface area contributed by atoms with Gasteiger partial charge in [0.25, 0.3) is 0 Å². The van der Waals surface area contributed by atoms with Gasteiger partial charge in [0, 0.05) is 25.7 Å². The van der Waals surface area contributed by atoms with Gasteiger partial charge >= 0.3 is 0 Å². The predicted molar refractivity (Wildman–Crippen MR) is 110 cm³/mol. The maximum absolute atomic E-state index is 12.7. The number of amides is 2. The lowest BCUT2D eigenvalue weighted by atomic mass is 10.2. The molecule has 2 heterocycles. The Kier molecular flexibility index (Phi) is 6.72. The number of rotatable bonds is 6. The third-order valence-electron chi connectivity index (χ3n) is 4.80. The van der Waals surface area contributed by atoms with Crippen molar-refractivity contribution in [2.24, 2.45) is 0 Å². The average molecular weight is 402 g/mol. The lowest BCUT2D eigenvalue weighted by Crippen LogP contribution is -2.39. The van der Waals surface area contributed by atoms with Gasteiger partial charge in [0.1, 0.15) is 5.82 Å². The SMILES string of the molecule is Cc1ccc(NC(=O)CN(C)C(=O)[C@@H](C)Sc2nnc3n2CCCCC3)cc1. The maximum Gasteiger partial charge on any atom is 0.243 e. The number of hydrogen-bond acceptors (Lipinski definition) is 5. The fraction of sp³-hybridized carbons (Fsp3) is 0.500. The van der Waals surface area contributed by atoms with Gasteiger partial charge in [0.2, 0.25) is 11.8 Å². The van der Waals surface area contributed by atoms with Crippen molar-refractivity contribution in [2.45, 2.75) is 56.5 Å². The summed E-state index contributed by atoms with van der Waals surface area (Å²) in [4.78, 5) is 26.4. The van der Waals surface area contributed by atoms with Crippen molar-refractivity contribution in [2.75, 3.05) is 18.9 Å². The van der Waals surface area contributed by atoms with Crippen molar-refractivity contribution < 1.29 is 9.59 Å². The fourth-order valence-corrected chi connectivity index (χ4v) is 4.20. The van der Waals surface area contributed by atoms with E-state index in [4.69, 9.17) is 0 Å². The van der Waals surface area contributed by atoms with Gasteiger partial charge in [-0.3, -0.25) is 9.59 Å². The van der Waals surface area contributed by atoms with Crippen LogP contribution in [0.25, 0.3) is 0 Å². The summed E-state index contributed by atoms with van der Waals surface area (Å²) in [6, 6.07) is 7.57. The van der Waals surface area contributed by atoms with Gasteiger partial charge in [-0.25, -0.2) is 0 Å². The average Bonchev–Trinajstić information content (AvgIpc) is 2.89. The van der Waals surface area contributed by atoms with E-state index < -0.39 is 0 Å². The Balaban J connectivity index is 1.54. The van der Waals surface area contributed by atoms with E-state index in [1.54, 1.807) is 7.05 Å². The quantitative estimate of drug-likeness (QED) is 0.753. The van der Waals surface area contributed by atoms with Crippen LogP contribution in [0.2, 0.25) is 0 Å². The molecule has 0 saturated carbocycles. The van der Waals surface area contributed by atoms with Crippen molar-refractivity contribution in [3.05, 3.63) is 35.7 Å². The number of likely N-dealkylation sites (N-methyl/N-ethyl adjacent to an activating group) is 1. The number of hydrogen-bond donors (Lipinski definition) is 1. The zero-order chi connectivity index (χ0) is 20.1. The third kappa shape index (κ3) is 5.13. The largest absolute Gasteiger partial charge is 0.335 e. The van der Waals surface area contributed by atoms with E-state index in [-0.39, 0.29) is 23.6 Å². The highest BCUT2D eigenvalue weighted by atomic mass is 32.2. The van der Waals surface area contributed by atoms with Crippen molar-refractivity contribution in [1.82, 2.24) is 19.7 Å². The maximum atomic E-state index is 12.7. The van der Waals surface area contributed by atoms with E-state index in [0.29, 0.717) is 0 Å². The number of aryl methyl sites for hydroxylation is 2. The van der Waals surface area contributed by atoms with Crippen LogP contribution in [0.15, 0.2) is 29.4 Å². The smallest absolute Gasteiger partial charge is 0.243 e. The van der Waals surface area contributed by atoms with Crippen molar-refractivity contribution in [3.8, 4) is 0 Å². The molecule has 1 N–H and O–H groups in total.